The van der Waals surface area contributed by atoms with Crippen LogP contribution < -0.4 is 0 Å². The summed E-state index contributed by atoms with van der Waals surface area (Å²) in [6, 6.07) is 5.99. The number of amides is 2. The first-order valence-corrected chi connectivity index (χ1v) is 14.5. The quantitative estimate of drug-likeness (QED) is 0.407. The highest BCUT2D eigenvalue weighted by atomic mass is 35.5. The lowest BCUT2D eigenvalue weighted by Gasteiger charge is -2.50. The molecular weight excluding hydrogens is 564 g/mol. The van der Waals surface area contributed by atoms with E-state index in [1.807, 2.05) is 0 Å². The Morgan fingerprint density at radius 3 is 2.25 bits per heavy atom. The second-order valence-corrected chi connectivity index (χ2v) is 12.4. The van der Waals surface area contributed by atoms with E-state index in [0.29, 0.717) is 31.5 Å². The van der Waals surface area contributed by atoms with Crippen molar-refractivity contribution >= 4 is 35.0 Å². The monoisotopic (exact) mass is 596 g/mol. The minimum absolute atomic E-state index is 0.109. The van der Waals surface area contributed by atoms with Gasteiger partial charge in [-0.1, -0.05) is 35.3 Å². The summed E-state index contributed by atoms with van der Waals surface area (Å²) in [6.07, 6.45) is 4.92. The fraction of sp³-hybridized carbons (Fsp3) is 0.552. The van der Waals surface area contributed by atoms with Gasteiger partial charge in [-0.05, 0) is 50.3 Å². The van der Waals surface area contributed by atoms with Crippen LogP contribution in [0.15, 0.2) is 36.7 Å². The Balaban J connectivity index is 1.21. The zero-order valence-corrected chi connectivity index (χ0v) is 23.9. The molecular formula is C29H33Cl2F3N4O2. The van der Waals surface area contributed by atoms with Crippen LogP contribution in [0.5, 0.6) is 0 Å². The van der Waals surface area contributed by atoms with E-state index in [1.165, 1.54) is 24.5 Å². The maximum atomic E-state index is 13.9. The summed E-state index contributed by atoms with van der Waals surface area (Å²) < 4.78 is 41.0. The molecule has 2 aliphatic heterocycles. The minimum atomic E-state index is -2.78. The van der Waals surface area contributed by atoms with E-state index in [1.54, 1.807) is 21.9 Å². The molecule has 40 heavy (non-hydrogen) atoms. The molecule has 5 rings (SSSR count). The molecule has 0 unspecified atom stereocenters. The van der Waals surface area contributed by atoms with Gasteiger partial charge in [-0.25, -0.2) is 13.2 Å². The lowest BCUT2D eigenvalue weighted by molar-refractivity contribution is -0.163. The number of pyridine rings is 1. The van der Waals surface area contributed by atoms with E-state index < -0.39 is 24.7 Å². The van der Waals surface area contributed by atoms with Gasteiger partial charge in [0.25, 0.3) is 5.91 Å². The number of carbonyl (C=O) groups excluding carboxylic acids is 2. The highest BCUT2D eigenvalue weighted by molar-refractivity contribution is 6.39. The molecule has 2 aromatic rings. The SMILES string of the molecule is CC1(N2CCC(N(Cc3cccc(F)c3)C(=O)C3CC(F)(F)C3)CC2)CCN(C(=O)c2c(Cl)cncc2Cl)CC1. The predicted molar refractivity (Wildman–Crippen MR) is 147 cm³/mol. The van der Waals surface area contributed by atoms with Crippen LogP contribution >= 0.6 is 23.2 Å². The second kappa shape index (κ2) is 11.5. The van der Waals surface area contributed by atoms with Gasteiger partial charge in [0.15, 0.2) is 0 Å². The Labute approximate surface area is 242 Å². The molecule has 1 aliphatic carbocycles. The summed E-state index contributed by atoms with van der Waals surface area (Å²) in [5, 5.41) is 0.465. The largest absolute Gasteiger partial charge is 0.338 e. The molecule has 3 fully saturated rings. The first-order chi connectivity index (χ1) is 19.0. The van der Waals surface area contributed by atoms with Crippen molar-refractivity contribution in [1.29, 1.82) is 0 Å². The molecule has 3 aliphatic rings. The van der Waals surface area contributed by atoms with Gasteiger partial charge in [-0.15, -0.1) is 0 Å². The van der Waals surface area contributed by atoms with Gasteiger partial charge in [0.1, 0.15) is 5.82 Å². The smallest absolute Gasteiger partial charge is 0.257 e. The van der Waals surface area contributed by atoms with Crippen LogP contribution in [0, 0.1) is 11.7 Å². The molecule has 1 saturated carbocycles. The summed E-state index contributed by atoms with van der Waals surface area (Å²) in [7, 11) is 0. The summed E-state index contributed by atoms with van der Waals surface area (Å²) in [5.74, 6) is -4.33. The lowest BCUT2D eigenvalue weighted by atomic mass is 9.79. The van der Waals surface area contributed by atoms with E-state index in [2.05, 4.69) is 16.8 Å². The van der Waals surface area contributed by atoms with Gasteiger partial charge >= 0.3 is 0 Å². The van der Waals surface area contributed by atoms with Crippen molar-refractivity contribution in [3.63, 3.8) is 0 Å². The standard InChI is InChI=1S/C29H33Cl2F3N4O2/c1-28(7-11-36(12-8-28)27(40)25-23(30)16-35-17-24(25)31)37-9-5-22(6-10-37)38(18-19-3-2-4-21(32)13-19)26(39)20-14-29(33,34)15-20/h2-4,13,16-17,20,22H,5-12,14-15,18H2,1H3. The van der Waals surface area contributed by atoms with Gasteiger partial charge in [0, 0.05) is 75.5 Å². The number of carbonyl (C=O) groups is 2. The average Bonchev–Trinajstić information content (AvgIpc) is 2.90. The van der Waals surface area contributed by atoms with Crippen LogP contribution in [0.1, 0.15) is 61.4 Å². The van der Waals surface area contributed by atoms with Gasteiger partial charge in [0.05, 0.1) is 15.6 Å². The molecule has 2 saturated heterocycles. The van der Waals surface area contributed by atoms with Crippen molar-refractivity contribution in [2.45, 2.75) is 69.5 Å². The van der Waals surface area contributed by atoms with E-state index in [9.17, 15) is 22.8 Å². The number of nitrogens with zero attached hydrogens (tertiary/aromatic N) is 4. The number of halogens is 5. The first kappa shape index (κ1) is 29.1. The van der Waals surface area contributed by atoms with E-state index >= 15 is 0 Å². The Morgan fingerprint density at radius 2 is 1.68 bits per heavy atom. The van der Waals surface area contributed by atoms with Crippen molar-refractivity contribution in [2.75, 3.05) is 26.2 Å². The molecule has 3 heterocycles. The molecule has 0 N–H and O–H groups in total. The maximum Gasteiger partial charge on any atom is 0.257 e. The zero-order chi connectivity index (χ0) is 28.7. The second-order valence-electron chi connectivity index (χ2n) is 11.5. The number of hydrogen-bond donors (Lipinski definition) is 0. The molecule has 2 amide bonds. The number of likely N-dealkylation sites (tertiary alicyclic amines) is 2. The van der Waals surface area contributed by atoms with Crippen LogP contribution in [-0.4, -0.2) is 75.2 Å². The predicted octanol–water partition coefficient (Wildman–Crippen LogP) is 6.06. The van der Waals surface area contributed by atoms with E-state index in [-0.39, 0.29) is 51.4 Å². The maximum absolute atomic E-state index is 13.9. The van der Waals surface area contributed by atoms with Crippen LogP contribution in [0.4, 0.5) is 13.2 Å². The number of piperidine rings is 2. The average molecular weight is 598 g/mol. The molecule has 6 nitrogen and oxygen atoms in total. The van der Waals surface area contributed by atoms with Gasteiger partial charge in [-0.2, -0.15) is 0 Å². The molecule has 1 aromatic carbocycles. The number of hydrogen-bond acceptors (Lipinski definition) is 4. The zero-order valence-electron chi connectivity index (χ0n) is 22.4. The highest BCUT2D eigenvalue weighted by Gasteiger charge is 2.51. The molecule has 0 atom stereocenters. The van der Waals surface area contributed by atoms with Crippen molar-refractivity contribution in [3.05, 3.63) is 63.6 Å². The fourth-order valence-corrected chi connectivity index (χ4v) is 6.81. The third-order valence-corrected chi connectivity index (χ3v) is 9.40. The van der Waals surface area contributed by atoms with Crippen LogP contribution in [-0.2, 0) is 11.3 Å². The van der Waals surface area contributed by atoms with Crippen LogP contribution in [0.25, 0.3) is 0 Å². The number of benzene rings is 1. The molecule has 0 bridgehead atoms. The molecule has 1 aromatic heterocycles. The minimum Gasteiger partial charge on any atom is -0.338 e. The Kier molecular flexibility index (Phi) is 8.37. The number of alkyl halides is 2. The summed E-state index contributed by atoms with van der Waals surface area (Å²) in [5.41, 5.74) is 0.802. The Bertz CT molecular complexity index is 1240. The normalized spacial score (nSPS) is 21.6. The van der Waals surface area contributed by atoms with Crippen LogP contribution in [0.3, 0.4) is 0 Å². The Hall–Kier alpha value is -2.36. The highest BCUT2D eigenvalue weighted by Crippen LogP contribution is 2.44. The van der Waals surface area contributed by atoms with Crippen molar-refractivity contribution in [1.82, 2.24) is 19.7 Å². The van der Waals surface area contributed by atoms with Gasteiger partial charge in [0.2, 0.25) is 11.8 Å². The van der Waals surface area contributed by atoms with Crippen molar-refractivity contribution in [3.8, 4) is 0 Å². The number of rotatable bonds is 6. The molecule has 0 radical (unpaired) electrons. The first-order valence-electron chi connectivity index (χ1n) is 13.7. The van der Waals surface area contributed by atoms with Gasteiger partial charge < -0.3 is 9.80 Å². The number of aromatic nitrogens is 1. The van der Waals surface area contributed by atoms with E-state index in [0.717, 1.165) is 25.9 Å². The van der Waals surface area contributed by atoms with Crippen LogP contribution in [0.2, 0.25) is 10.0 Å². The van der Waals surface area contributed by atoms with Crippen molar-refractivity contribution < 1.29 is 22.8 Å². The summed E-state index contributed by atoms with van der Waals surface area (Å²) >= 11 is 12.4. The topological polar surface area (TPSA) is 56.8 Å². The lowest BCUT2D eigenvalue weighted by Crippen LogP contribution is -2.59. The van der Waals surface area contributed by atoms with Crippen molar-refractivity contribution in [2.24, 2.45) is 5.92 Å². The Morgan fingerprint density at radius 1 is 1.05 bits per heavy atom. The molecule has 0 spiro atoms. The fourth-order valence-electron chi connectivity index (χ4n) is 6.29. The van der Waals surface area contributed by atoms with E-state index in [4.69, 9.17) is 23.2 Å². The summed E-state index contributed by atoms with van der Waals surface area (Å²) in [4.78, 5) is 36.3. The third-order valence-electron chi connectivity index (χ3n) is 8.83. The molecule has 216 valence electrons. The molecule has 11 heteroatoms. The summed E-state index contributed by atoms with van der Waals surface area (Å²) in [6.45, 7) is 5.01. The van der Waals surface area contributed by atoms with Gasteiger partial charge in [-0.3, -0.25) is 19.5 Å². The third kappa shape index (κ3) is 6.11.